The number of aliphatic imine (C=N–C) groups is 1. The van der Waals surface area contributed by atoms with Crippen molar-refractivity contribution in [1.29, 1.82) is 0 Å². The van der Waals surface area contributed by atoms with Crippen molar-refractivity contribution in [3.8, 4) is 0 Å². The molecule has 1 N–H and O–H groups in total. The maximum atomic E-state index is 5.53. The van der Waals surface area contributed by atoms with Crippen LogP contribution in [0.2, 0.25) is 0 Å². The lowest BCUT2D eigenvalue weighted by atomic mass is 10.3. The molecule has 0 saturated heterocycles. The molecular formula is C9H19N2OPS2. The molecule has 15 heavy (non-hydrogen) atoms. The summed E-state index contributed by atoms with van der Waals surface area (Å²) in [6.45, 7) is 2.62. The maximum absolute atomic E-state index is 5.53. The molecular weight excluding hydrogens is 247 g/mol. The average Bonchev–Trinajstić information content (AvgIpc) is 2.71. The van der Waals surface area contributed by atoms with Crippen LogP contribution in [0.15, 0.2) is 4.99 Å². The van der Waals surface area contributed by atoms with E-state index in [4.69, 9.17) is 16.3 Å². The Morgan fingerprint density at radius 1 is 1.60 bits per heavy atom. The highest BCUT2D eigenvalue weighted by molar-refractivity contribution is 8.68. The predicted octanol–water partition coefficient (Wildman–Crippen LogP) is 3.17. The molecule has 88 valence electrons. The molecule has 0 amide bonds. The summed E-state index contributed by atoms with van der Waals surface area (Å²) in [5, 5.41) is 3.15. The molecule has 0 aromatic rings. The molecule has 1 rings (SSSR count). The van der Waals surface area contributed by atoms with Crippen LogP contribution in [0.4, 0.5) is 0 Å². The highest BCUT2D eigenvalue weighted by Gasteiger charge is 2.15. The molecule has 1 fully saturated rings. The van der Waals surface area contributed by atoms with E-state index in [0.717, 1.165) is 0 Å². The van der Waals surface area contributed by atoms with E-state index in [1.54, 1.807) is 17.7 Å². The van der Waals surface area contributed by atoms with Crippen molar-refractivity contribution in [2.75, 3.05) is 12.9 Å². The van der Waals surface area contributed by atoms with E-state index in [2.05, 4.69) is 10.1 Å². The van der Waals surface area contributed by atoms with E-state index in [0.29, 0.717) is 12.6 Å². The van der Waals surface area contributed by atoms with Gasteiger partial charge in [0.05, 0.1) is 19.0 Å². The second kappa shape index (κ2) is 6.89. The Hall–Kier alpha value is 0.430. The molecule has 0 radical (unpaired) electrons. The van der Waals surface area contributed by atoms with Gasteiger partial charge in [-0.2, -0.15) is 0 Å². The second-order valence-electron chi connectivity index (χ2n) is 3.44. The van der Waals surface area contributed by atoms with Gasteiger partial charge < -0.3 is 9.61 Å². The summed E-state index contributed by atoms with van der Waals surface area (Å²) < 4.78 is 5.53. The van der Waals surface area contributed by atoms with Crippen molar-refractivity contribution >= 4 is 35.1 Å². The van der Waals surface area contributed by atoms with E-state index in [1.807, 2.05) is 13.2 Å². The van der Waals surface area contributed by atoms with Crippen LogP contribution in [0.3, 0.4) is 0 Å². The molecule has 0 aliphatic heterocycles. The van der Waals surface area contributed by atoms with Gasteiger partial charge in [-0.05, 0) is 37.8 Å². The summed E-state index contributed by atoms with van der Waals surface area (Å²) in [6, 6.07) is 0.504. The number of hydrogen-bond donors (Lipinski definition) is 1. The van der Waals surface area contributed by atoms with E-state index < -0.39 is 5.62 Å². The van der Waals surface area contributed by atoms with Crippen LogP contribution in [0, 0.1) is 0 Å². The van der Waals surface area contributed by atoms with Crippen molar-refractivity contribution in [3.63, 3.8) is 0 Å². The third-order valence-corrected chi connectivity index (χ3v) is 7.92. The Morgan fingerprint density at radius 3 is 2.80 bits per heavy atom. The van der Waals surface area contributed by atoms with Gasteiger partial charge in [-0.3, -0.25) is 4.99 Å². The summed E-state index contributed by atoms with van der Waals surface area (Å²) in [5.74, 6) is 0. The van der Waals surface area contributed by atoms with Crippen LogP contribution >= 0.6 is 17.0 Å². The first-order valence-electron chi connectivity index (χ1n) is 5.30. The minimum atomic E-state index is -1.91. The summed E-state index contributed by atoms with van der Waals surface area (Å²) in [5.41, 5.74) is -1.91. The van der Waals surface area contributed by atoms with Gasteiger partial charge in [0.2, 0.25) is 5.62 Å². The number of hydrogen-bond acceptors (Lipinski definition) is 4. The quantitative estimate of drug-likeness (QED) is 0.455. The fourth-order valence-corrected chi connectivity index (χ4v) is 3.96. The van der Waals surface area contributed by atoms with Gasteiger partial charge in [0.25, 0.3) is 0 Å². The summed E-state index contributed by atoms with van der Waals surface area (Å²) in [7, 11) is 0. The maximum Gasteiger partial charge on any atom is 0.210 e. The van der Waals surface area contributed by atoms with Crippen LogP contribution in [0.5, 0.6) is 0 Å². The Morgan fingerprint density at radius 2 is 2.27 bits per heavy atom. The molecule has 0 heterocycles. The highest BCUT2D eigenvalue weighted by atomic mass is 32.9. The Labute approximate surface area is 101 Å². The summed E-state index contributed by atoms with van der Waals surface area (Å²) in [4.78, 5) is 4.47. The normalized spacial score (nSPS) is 22.0. The SMILES string of the molecule is CCOP(=S)(N/C=N/C1CCCC1)SC. The van der Waals surface area contributed by atoms with E-state index in [9.17, 15) is 0 Å². The topological polar surface area (TPSA) is 33.6 Å². The van der Waals surface area contributed by atoms with Gasteiger partial charge >= 0.3 is 0 Å². The molecule has 1 saturated carbocycles. The van der Waals surface area contributed by atoms with E-state index in [1.165, 1.54) is 25.7 Å². The van der Waals surface area contributed by atoms with Gasteiger partial charge in [0.1, 0.15) is 0 Å². The lowest BCUT2D eigenvalue weighted by Gasteiger charge is -2.18. The fraction of sp³-hybridized carbons (Fsp3) is 0.889. The van der Waals surface area contributed by atoms with Crippen molar-refractivity contribution in [2.45, 2.75) is 38.6 Å². The van der Waals surface area contributed by atoms with Gasteiger partial charge in [-0.1, -0.05) is 24.2 Å². The smallest absolute Gasteiger partial charge is 0.210 e. The zero-order valence-electron chi connectivity index (χ0n) is 9.31. The fourth-order valence-electron chi connectivity index (χ4n) is 1.58. The zero-order chi connectivity index (χ0) is 11.1. The number of nitrogens with one attached hydrogen (secondary N) is 1. The molecule has 1 aliphatic rings. The van der Waals surface area contributed by atoms with Gasteiger partial charge in [0.15, 0.2) is 0 Å². The molecule has 0 aromatic carbocycles. The first-order chi connectivity index (χ1) is 7.20. The highest BCUT2D eigenvalue weighted by Crippen LogP contribution is 2.53. The van der Waals surface area contributed by atoms with E-state index in [-0.39, 0.29) is 0 Å². The minimum Gasteiger partial charge on any atom is -0.327 e. The van der Waals surface area contributed by atoms with Gasteiger partial charge in [-0.25, -0.2) is 0 Å². The Balaban J connectivity index is 2.35. The third kappa shape index (κ3) is 4.85. The summed E-state index contributed by atoms with van der Waals surface area (Å²) >= 11 is 6.97. The molecule has 0 spiro atoms. The first kappa shape index (κ1) is 13.5. The predicted molar refractivity (Wildman–Crippen MR) is 73.3 cm³/mol. The number of rotatable bonds is 6. The molecule has 1 atom stereocenters. The number of nitrogens with zero attached hydrogens (tertiary/aromatic N) is 1. The lowest BCUT2D eigenvalue weighted by molar-refractivity contribution is 0.383. The van der Waals surface area contributed by atoms with Crippen LogP contribution in [-0.2, 0) is 16.3 Å². The largest absolute Gasteiger partial charge is 0.327 e. The van der Waals surface area contributed by atoms with E-state index >= 15 is 0 Å². The molecule has 0 aromatic heterocycles. The van der Waals surface area contributed by atoms with Crippen molar-refractivity contribution < 1.29 is 4.52 Å². The molecule has 3 nitrogen and oxygen atoms in total. The van der Waals surface area contributed by atoms with Crippen LogP contribution in [0.25, 0.3) is 0 Å². The molecule has 1 aliphatic carbocycles. The third-order valence-electron chi connectivity index (χ3n) is 2.37. The monoisotopic (exact) mass is 266 g/mol. The van der Waals surface area contributed by atoms with Crippen molar-refractivity contribution in [2.24, 2.45) is 4.99 Å². The Bertz CT molecular complexity index is 254. The minimum absolute atomic E-state index is 0.504. The van der Waals surface area contributed by atoms with Crippen molar-refractivity contribution in [3.05, 3.63) is 0 Å². The van der Waals surface area contributed by atoms with Gasteiger partial charge in [0, 0.05) is 0 Å². The Kier molecular flexibility index (Phi) is 6.20. The van der Waals surface area contributed by atoms with Gasteiger partial charge in [-0.15, -0.1) is 0 Å². The van der Waals surface area contributed by atoms with Crippen LogP contribution < -0.4 is 5.09 Å². The molecule has 1 unspecified atom stereocenters. The molecule has 0 bridgehead atoms. The zero-order valence-corrected chi connectivity index (χ0v) is 11.8. The molecule has 6 heteroatoms. The van der Waals surface area contributed by atoms with Crippen LogP contribution in [-0.4, -0.2) is 25.2 Å². The second-order valence-corrected chi connectivity index (χ2v) is 10.2. The van der Waals surface area contributed by atoms with Crippen LogP contribution in [0.1, 0.15) is 32.6 Å². The first-order valence-corrected chi connectivity index (χ1v) is 9.85. The average molecular weight is 266 g/mol. The summed E-state index contributed by atoms with van der Waals surface area (Å²) in [6.07, 6.45) is 8.80. The standard InChI is InChI=1S/C9H19N2OPS2/c1-3-12-13(14,15-2)11-8-10-9-6-4-5-7-9/h8-9H,3-7H2,1-2H3,(H,10,11,14). The van der Waals surface area contributed by atoms with Crippen molar-refractivity contribution in [1.82, 2.24) is 5.09 Å². The lowest BCUT2D eigenvalue weighted by Crippen LogP contribution is -2.10.